The Morgan fingerprint density at radius 3 is 1.62 bits per heavy atom. The first kappa shape index (κ1) is 28.3. The summed E-state index contributed by atoms with van der Waals surface area (Å²) in [5.41, 5.74) is 10.5. The van der Waals surface area contributed by atoms with E-state index in [9.17, 15) is 0 Å². The van der Waals surface area contributed by atoms with Crippen molar-refractivity contribution in [1.82, 2.24) is 9.97 Å². The summed E-state index contributed by atoms with van der Waals surface area (Å²) in [4.78, 5) is 11.0. The molecular formula is C46H29N3O. The van der Waals surface area contributed by atoms with Crippen molar-refractivity contribution in [2.24, 2.45) is 0 Å². The molecule has 0 unspecified atom stereocenters. The van der Waals surface area contributed by atoms with Crippen LogP contribution >= 0.6 is 0 Å². The van der Waals surface area contributed by atoms with Crippen molar-refractivity contribution in [3.8, 4) is 22.3 Å². The van der Waals surface area contributed by atoms with Gasteiger partial charge in [-0.15, -0.1) is 0 Å². The highest BCUT2D eigenvalue weighted by molar-refractivity contribution is 6.10. The Kier molecular flexibility index (Phi) is 6.46. The summed E-state index contributed by atoms with van der Waals surface area (Å²) in [5.74, 6) is 0. The summed E-state index contributed by atoms with van der Waals surface area (Å²) in [6.07, 6.45) is 3.41. The van der Waals surface area contributed by atoms with E-state index in [2.05, 4.69) is 173 Å². The molecule has 0 spiro atoms. The molecule has 234 valence electrons. The summed E-state index contributed by atoms with van der Waals surface area (Å²) in [6, 6.07) is 58.5. The van der Waals surface area contributed by atoms with Crippen molar-refractivity contribution in [1.29, 1.82) is 0 Å². The molecule has 0 bridgehead atoms. The van der Waals surface area contributed by atoms with Crippen LogP contribution in [0.5, 0.6) is 0 Å². The summed E-state index contributed by atoms with van der Waals surface area (Å²) in [6.45, 7) is 0. The van der Waals surface area contributed by atoms with Crippen molar-refractivity contribution < 1.29 is 4.42 Å². The highest BCUT2D eigenvalue weighted by Crippen LogP contribution is 2.41. The van der Waals surface area contributed by atoms with E-state index >= 15 is 0 Å². The maximum absolute atomic E-state index is 6.48. The molecule has 0 saturated carbocycles. The zero-order chi connectivity index (χ0) is 33.0. The number of aromatic nitrogens is 2. The minimum Gasteiger partial charge on any atom is -0.456 e. The smallest absolute Gasteiger partial charge is 0.137 e. The second-order valence-corrected chi connectivity index (χ2v) is 12.7. The molecule has 4 heteroatoms. The second-order valence-electron chi connectivity index (χ2n) is 12.7. The van der Waals surface area contributed by atoms with E-state index in [1.807, 2.05) is 12.3 Å². The Hall–Kier alpha value is -6.78. The van der Waals surface area contributed by atoms with Gasteiger partial charge >= 0.3 is 0 Å². The number of fused-ring (bicyclic) bond motifs is 6. The fourth-order valence-electron chi connectivity index (χ4n) is 7.36. The predicted molar refractivity (Wildman–Crippen MR) is 207 cm³/mol. The van der Waals surface area contributed by atoms with Crippen LogP contribution in [0.1, 0.15) is 0 Å². The van der Waals surface area contributed by atoms with Gasteiger partial charge in [-0.3, -0.25) is 0 Å². The quantitative estimate of drug-likeness (QED) is 0.188. The Balaban J connectivity index is 1.10. The zero-order valence-electron chi connectivity index (χ0n) is 27.0. The number of nitrogens with zero attached hydrogens (tertiary/aromatic N) is 3. The third-order valence-corrected chi connectivity index (χ3v) is 9.79. The molecule has 0 saturated heterocycles. The summed E-state index contributed by atoms with van der Waals surface area (Å²) < 4.78 is 6.48. The lowest BCUT2D eigenvalue weighted by Crippen LogP contribution is -2.09. The fraction of sp³-hybridized carbons (Fsp3) is 0. The highest BCUT2D eigenvalue weighted by atomic mass is 16.3. The van der Waals surface area contributed by atoms with Gasteiger partial charge in [0.2, 0.25) is 0 Å². The zero-order valence-corrected chi connectivity index (χ0v) is 27.0. The van der Waals surface area contributed by atoms with E-state index in [1.54, 1.807) is 6.33 Å². The van der Waals surface area contributed by atoms with Gasteiger partial charge in [-0.25, -0.2) is 9.97 Å². The number of hydrogen-bond donors (Lipinski definition) is 0. The standard InChI is InChI=1S/C46H29N3O/c1-3-11-38-30(7-1)9-5-13-40(38)32-15-19-35(20-16-32)49(36-21-17-33(18-22-36)41-14-6-10-31-8-2-4-12-39(31)41)37-23-24-42-43-27-44-34(28-47-29-48-44)25-45(43)50-46(42)26-37/h1-29H. The average molecular weight is 640 g/mol. The SMILES string of the molecule is c1ccc2c(-c3ccc(N(c4ccc(-c5cccc6ccccc56)cc4)c4ccc5c(c4)oc4cc6cncnc6cc45)cc3)cccc2c1. The molecule has 0 amide bonds. The maximum Gasteiger partial charge on any atom is 0.137 e. The minimum absolute atomic E-state index is 0.824. The van der Waals surface area contributed by atoms with Crippen LogP contribution in [0, 0.1) is 0 Å². The molecular weight excluding hydrogens is 611 g/mol. The summed E-state index contributed by atoms with van der Waals surface area (Å²) in [7, 11) is 0. The second kappa shape index (κ2) is 11.4. The van der Waals surface area contributed by atoms with Crippen molar-refractivity contribution in [3.63, 3.8) is 0 Å². The van der Waals surface area contributed by atoms with E-state index < -0.39 is 0 Å². The van der Waals surface area contributed by atoms with Crippen LogP contribution in [0.2, 0.25) is 0 Å². The van der Waals surface area contributed by atoms with Crippen molar-refractivity contribution in [2.45, 2.75) is 0 Å². The highest BCUT2D eigenvalue weighted by Gasteiger charge is 2.17. The van der Waals surface area contributed by atoms with Crippen molar-refractivity contribution in [3.05, 3.63) is 176 Å². The van der Waals surface area contributed by atoms with Crippen molar-refractivity contribution >= 4 is 71.4 Å². The van der Waals surface area contributed by atoms with E-state index in [4.69, 9.17) is 4.42 Å². The molecule has 0 N–H and O–H groups in total. The Morgan fingerprint density at radius 2 is 0.980 bits per heavy atom. The van der Waals surface area contributed by atoms with Gasteiger partial charge in [-0.1, -0.05) is 109 Å². The van der Waals surface area contributed by atoms with Crippen LogP contribution in [-0.2, 0) is 0 Å². The first-order valence-electron chi connectivity index (χ1n) is 16.8. The molecule has 8 aromatic carbocycles. The van der Waals surface area contributed by atoms with Gasteiger partial charge in [0.05, 0.1) is 5.52 Å². The molecule has 10 rings (SSSR count). The van der Waals surface area contributed by atoms with Crippen molar-refractivity contribution in [2.75, 3.05) is 4.90 Å². The van der Waals surface area contributed by atoms with Gasteiger partial charge in [0, 0.05) is 45.5 Å². The molecule has 0 aliphatic rings. The van der Waals surface area contributed by atoms with Gasteiger partial charge in [-0.2, -0.15) is 0 Å². The summed E-state index contributed by atoms with van der Waals surface area (Å²) >= 11 is 0. The van der Waals surface area contributed by atoms with Crippen LogP contribution < -0.4 is 4.90 Å². The lowest BCUT2D eigenvalue weighted by atomic mass is 9.97. The number of anilines is 3. The van der Waals surface area contributed by atoms with Gasteiger partial charge in [-0.05, 0) is 92.3 Å². The third-order valence-electron chi connectivity index (χ3n) is 9.79. The van der Waals surface area contributed by atoms with E-state index in [-0.39, 0.29) is 0 Å². The monoisotopic (exact) mass is 639 g/mol. The van der Waals surface area contributed by atoms with E-state index in [0.29, 0.717) is 0 Å². The van der Waals surface area contributed by atoms with Gasteiger partial charge in [0.15, 0.2) is 0 Å². The van der Waals surface area contributed by atoms with Crippen LogP contribution in [-0.4, -0.2) is 9.97 Å². The lowest BCUT2D eigenvalue weighted by Gasteiger charge is -2.26. The van der Waals surface area contributed by atoms with Crippen LogP contribution in [0.15, 0.2) is 181 Å². The Labute approximate surface area is 288 Å². The van der Waals surface area contributed by atoms with Gasteiger partial charge < -0.3 is 9.32 Å². The maximum atomic E-state index is 6.48. The summed E-state index contributed by atoms with van der Waals surface area (Å²) in [5, 5.41) is 8.03. The molecule has 0 atom stereocenters. The first-order chi connectivity index (χ1) is 24.8. The molecule has 4 nitrogen and oxygen atoms in total. The molecule has 50 heavy (non-hydrogen) atoms. The number of benzene rings is 8. The topological polar surface area (TPSA) is 42.2 Å². The van der Waals surface area contributed by atoms with E-state index in [1.165, 1.54) is 43.8 Å². The molecule has 0 aliphatic carbocycles. The molecule has 0 aliphatic heterocycles. The minimum atomic E-state index is 0.824. The Morgan fingerprint density at radius 1 is 0.420 bits per heavy atom. The largest absolute Gasteiger partial charge is 0.456 e. The van der Waals surface area contributed by atoms with Gasteiger partial charge in [0.1, 0.15) is 17.5 Å². The number of furan rings is 1. The number of rotatable bonds is 5. The van der Waals surface area contributed by atoms with Crippen LogP contribution in [0.25, 0.3) is 76.6 Å². The molecule has 0 radical (unpaired) electrons. The average Bonchev–Trinajstić information content (AvgIpc) is 3.54. The third kappa shape index (κ3) is 4.69. The Bertz CT molecular complexity index is 2740. The lowest BCUT2D eigenvalue weighted by molar-refractivity contribution is 0.669. The molecule has 2 aromatic heterocycles. The number of hydrogen-bond acceptors (Lipinski definition) is 4. The predicted octanol–water partition coefficient (Wildman–Crippen LogP) is 12.6. The molecule has 2 heterocycles. The van der Waals surface area contributed by atoms with Gasteiger partial charge in [0.25, 0.3) is 0 Å². The van der Waals surface area contributed by atoms with Crippen LogP contribution in [0.4, 0.5) is 17.1 Å². The van der Waals surface area contributed by atoms with Crippen LogP contribution in [0.3, 0.4) is 0 Å². The molecule has 0 fully saturated rings. The fourth-order valence-corrected chi connectivity index (χ4v) is 7.36. The molecule has 10 aromatic rings. The normalized spacial score (nSPS) is 11.6. The first-order valence-corrected chi connectivity index (χ1v) is 16.8. The van der Waals surface area contributed by atoms with E-state index in [0.717, 1.165) is 49.9 Å².